The highest BCUT2D eigenvalue weighted by Crippen LogP contribution is 2.26. The molecule has 1 aliphatic rings. The fraction of sp³-hybridized carbons (Fsp3) is 0.400. The van der Waals surface area contributed by atoms with Crippen molar-refractivity contribution in [2.45, 2.75) is 45.6 Å². The molecule has 0 atom stereocenters. The van der Waals surface area contributed by atoms with E-state index in [1.165, 1.54) is 18.7 Å². The Morgan fingerprint density at radius 2 is 1.92 bits per heavy atom. The number of benzene rings is 1. The summed E-state index contributed by atoms with van der Waals surface area (Å²) in [5, 5.41) is 2.93. The Morgan fingerprint density at radius 3 is 2.56 bits per heavy atom. The van der Waals surface area contributed by atoms with Crippen LogP contribution in [0.2, 0.25) is 0 Å². The molecule has 25 heavy (non-hydrogen) atoms. The molecular formula is C20H24N2O3. The number of carbonyl (C=O) groups is 1. The van der Waals surface area contributed by atoms with Crippen LogP contribution in [-0.2, 0) is 13.0 Å². The maximum absolute atomic E-state index is 12.9. The molecule has 132 valence electrons. The monoisotopic (exact) mass is 340 g/mol. The second-order valence-electron chi connectivity index (χ2n) is 6.71. The number of fused-ring (bicyclic) bond motifs is 1. The quantitative estimate of drug-likeness (QED) is 0.925. The normalized spacial score (nSPS) is 13.4. The number of rotatable bonds is 4. The first kappa shape index (κ1) is 17.3. The molecule has 5 heteroatoms. The Morgan fingerprint density at radius 1 is 1.20 bits per heavy atom. The molecule has 0 aliphatic carbocycles. The minimum atomic E-state index is -0.236. The van der Waals surface area contributed by atoms with Crippen LogP contribution < -0.4 is 15.6 Å². The molecule has 0 saturated heterocycles. The summed E-state index contributed by atoms with van der Waals surface area (Å²) in [6.07, 6.45) is 2.63. The maximum Gasteiger partial charge on any atom is 0.261 e. The number of amides is 1. The molecule has 0 spiro atoms. The Kier molecular flexibility index (Phi) is 4.93. The Labute approximate surface area is 147 Å². The molecule has 1 aromatic carbocycles. The lowest BCUT2D eigenvalue weighted by Gasteiger charge is -2.22. The molecular weight excluding hydrogens is 316 g/mol. The minimum absolute atomic E-state index is 0.107. The molecule has 1 amide bonds. The van der Waals surface area contributed by atoms with Gasteiger partial charge in [-0.05, 0) is 42.9 Å². The molecule has 0 unspecified atom stereocenters. The smallest absolute Gasteiger partial charge is 0.261 e. The van der Waals surface area contributed by atoms with Crippen LogP contribution in [0.5, 0.6) is 5.75 Å². The molecule has 0 radical (unpaired) electrons. The Hall–Kier alpha value is -2.56. The van der Waals surface area contributed by atoms with Crippen molar-refractivity contribution >= 4 is 11.6 Å². The van der Waals surface area contributed by atoms with Crippen molar-refractivity contribution in [3.05, 3.63) is 57.5 Å². The van der Waals surface area contributed by atoms with Crippen molar-refractivity contribution < 1.29 is 9.53 Å². The highest BCUT2D eigenvalue weighted by Gasteiger charge is 2.24. The predicted molar refractivity (Wildman–Crippen MR) is 98.7 cm³/mol. The maximum atomic E-state index is 12.9. The predicted octanol–water partition coefficient (Wildman–Crippen LogP) is 3.57. The number of carbonyl (C=O) groups excluding carboxylic acids is 1. The van der Waals surface area contributed by atoms with E-state index in [4.69, 9.17) is 4.74 Å². The first-order valence-electron chi connectivity index (χ1n) is 8.73. The highest BCUT2D eigenvalue weighted by molar-refractivity contribution is 6.07. The van der Waals surface area contributed by atoms with Gasteiger partial charge in [-0.1, -0.05) is 26.0 Å². The summed E-state index contributed by atoms with van der Waals surface area (Å²) in [5.74, 6) is 0.548. The van der Waals surface area contributed by atoms with E-state index >= 15 is 0 Å². The topological polar surface area (TPSA) is 60.3 Å². The third kappa shape index (κ3) is 3.45. The third-order valence-electron chi connectivity index (χ3n) is 4.71. The zero-order valence-electron chi connectivity index (χ0n) is 15.0. The first-order valence-corrected chi connectivity index (χ1v) is 8.73. The summed E-state index contributed by atoms with van der Waals surface area (Å²) >= 11 is 0. The van der Waals surface area contributed by atoms with E-state index in [1.807, 2.05) is 24.3 Å². The largest absolute Gasteiger partial charge is 0.496 e. The molecule has 5 nitrogen and oxygen atoms in total. The summed E-state index contributed by atoms with van der Waals surface area (Å²) in [7, 11) is 1.49. The molecule has 0 bridgehead atoms. The van der Waals surface area contributed by atoms with Gasteiger partial charge >= 0.3 is 0 Å². The number of hydrogen-bond acceptors (Lipinski definition) is 3. The molecule has 2 aromatic rings. The molecule has 1 aromatic heterocycles. The van der Waals surface area contributed by atoms with Crippen LogP contribution in [0.4, 0.5) is 5.69 Å². The number of anilines is 1. The molecule has 2 heterocycles. The lowest BCUT2D eigenvalue weighted by Crippen LogP contribution is -2.30. The van der Waals surface area contributed by atoms with Crippen molar-refractivity contribution in [2.24, 2.45) is 0 Å². The SMILES string of the molecule is COc1cc(=O)n2c(c1C(=O)Nc1ccc(C(C)C)cc1)CCCC2. The second-order valence-corrected chi connectivity index (χ2v) is 6.71. The number of ether oxygens (including phenoxy) is 1. The summed E-state index contributed by atoms with van der Waals surface area (Å²) in [5.41, 5.74) is 3.09. The molecule has 1 N–H and O–H groups in total. The zero-order chi connectivity index (χ0) is 18.0. The van der Waals surface area contributed by atoms with Gasteiger partial charge in [-0.2, -0.15) is 0 Å². The van der Waals surface area contributed by atoms with Crippen LogP contribution in [0.3, 0.4) is 0 Å². The Balaban J connectivity index is 1.95. The van der Waals surface area contributed by atoms with E-state index in [0.29, 0.717) is 30.2 Å². The van der Waals surface area contributed by atoms with E-state index in [-0.39, 0.29) is 11.5 Å². The average molecular weight is 340 g/mol. The van der Waals surface area contributed by atoms with Crippen LogP contribution in [-0.4, -0.2) is 17.6 Å². The Bertz CT molecular complexity index is 835. The number of aromatic nitrogens is 1. The van der Waals surface area contributed by atoms with Gasteiger partial charge in [-0.3, -0.25) is 9.59 Å². The van der Waals surface area contributed by atoms with E-state index in [9.17, 15) is 9.59 Å². The lowest BCUT2D eigenvalue weighted by molar-refractivity contribution is 0.102. The summed E-state index contributed by atoms with van der Waals surface area (Å²) < 4.78 is 7.02. The van der Waals surface area contributed by atoms with Gasteiger partial charge in [0.05, 0.1) is 7.11 Å². The van der Waals surface area contributed by atoms with Gasteiger partial charge in [0.1, 0.15) is 11.3 Å². The number of pyridine rings is 1. The van der Waals surface area contributed by atoms with Crippen LogP contribution in [0.1, 0.15) is 54.2 Å². The lowest BCUT2D eigenvalue weighted by atomic mass is 10.0. The second kappa shape index (κ2) is 7.13. The van der Waals surface area contributed by atoms with Gasteiger partial charge in [0.2, 0.25) is 0 Å². The number of nitrogens with zero attached hydrogens (tertiary/aromatic N) is 1. The fourth-order valence-corrected chi connectivity index (χ4v) is 3.29. The molecule has 0 fully saturated rings. The molecule has 0 saturated carbocycles. The first-order chi connectivity index (χ1) is 12.0. The summed E-state index contributed by atoms with van der Waals surface area (Å²) in [4.78, 5) is 25.1. The molecule has 1 aliphatic heterocycles. The van der Waals surface area contributed by atoms with Crippen molar-refractivity contribution in [1.29, 1.82) is 0 Å². The summed E-state index contributed by atoms with van der Waals surface area (Å²) in [6.45, 7) is 4.92. The van der Waals surface area contributed by atoms with Gasteiger partial charge in [-0.15, -0.1) is 0 Å². The molecule has 3 rings (SSSR count). The van der Waals surface area contributed by atoms with Gasteiger partial charge in [-0.25, -0.2) is 0 Å². The van der Waals surface area contributed by atoms with Crippen molar-refractivity contribution in [2.75, 3.05) is 12.4 Å². The number of hydrogen-bond donors (Lipinski definition) is 1. The zero-order valence-corrected chi connectivity index (χ0v) is 15.0. The van der Waals surface area contributed by atoms with Crippen LogP contribution in [0.25, 0.3) is 0 Å². The van der Waals surface area contributed by atoms with E-state index in [2.05, 4.69) is 19.2 Å². The average Bonchev–Trinajstić information content (AvgIpc) is 2.61. The summed E-state index contributed by atoms with van der Waals surface area (Å²) in [6, 6.07) is 9.25. The van der Waals surface area contributed by atoms with Crippen molar-refractivity contribution in [3.8, 4) is 5.75 Å². The van der Waals surface area contributed by atoms with E-state index in [0.717, 1.165) is 24.2 Å². The van der Waals surface area contributed by atoms with Crippen molar-refractivity contribution in [3.63, 3.8) is 0 Å². The number of methoxy groups -OCH3 is 1. The fourth-order valence-electron chi connectivity index (χ4n) is 3.29. The minimum Gasteiger partial charge on any atom is -0.496 e. The number of nitrogens with one attached hydrogen (secondary N) is 1. The van der Waals surface area contributed by atoms with Crippen molar-refractivity contribution in [1.82, 2.24) is 4.57 Å². The van der Waals surface area contributed by atoms with Crippen LogP contribution in [0, 0.1) is 0 Å². The van der Waals surface area contributed by atoms with E-state index < -0.39 is 0 Å². The van der Waals surface area contributed by atoms with Gasteiger partial charge in [0, 0.05) is 24.0 Å². The third-order valence-corrected chi connectivity index (χ3v) is 4.71. The van der Waals surface area contributed by atoms with Crippen LogP contribution in [0.15, 0.2) is 35.1 Å². The van der Waals surface area contributed by atoms with Gasteiger partial charge < -0.3 is 14.6 Å². The van der Waals surface area contributed by atoms with E-state index in [1.54, 1.807) is 4.57 Å². The van der Waals surface area contributed by atoms with Crippen LogP contribution >= 0.6 is 0 Å². The standard InChI is InChI=1S/C20H24N2O3/c1-13(2)14-7-9-15(10-8-14)21-20(24)19-16-6-4-5-11-22(16)18(23)12-17(19)25-3/h7-10,12-13H,4-6,11H2,1-3H3,(H,21,24). The van der Waals surface area contributed by atoms with Gasteiger partial charge in [0.25, 0.3) is 11.5 Å². The van der Waals surface area contributed by atoms with Gasteiger partial charge in [0.15, 0.2) is 0 Å². The highest BCUT2D eigenvalue weighted by atomic mass is 16.5.